The summed E-state index contributed by atoms with van der Waals surface area (Å²) in [7, 11) is 0.333. The number of aliphatic hydroxyl groups excluding tert-OH is 1. The van der Waals surface area contributed by atoms with Crippen LogP contribution in [0.5, 0.6) is 0 Å². The van der Waals surface area contributed by atoms with Gasteiger partial charge in [0.2, 0.25) is 0 Å². The Balaban J connectivity index is -0.0000000484. The van der Waals surface area contributed by atoms with Gasteiger partial charge in [-0.25, -0.2) is 0 Å². The summed E-state index contributed by atoms with van der Waals surface area (Å²) in [6.07, 6.45) is 9.69. The predicted molar refractivity (Wildman–Crippen MR) is 116 cm³/mol. The van der Waals surface area contributed by atoms with E-state index >= 15 is 0 Å². The summed E-state index contributed by atoms with van der Waals surface area (Å²) < 4.78 is 6.24. The molecule has 0 aromatic rings. The molecule has 0 saturated heterocycles. The zero-order valence-corrected chi connectivity index (χ0v) is 17.1. The fraction of sp³-hybridized carbons (Fsp3) is 0.833. The molecular weight excluding hydrogens is 339 g/mol. The number of hydrogen-bond acceptors (Lipinski definition) is 5. The van der Waals surface area contributed by atoms with Crippen LogP contribution in [0.3, 0.4) is 0 Å². The van der Waals surface area contributed by atoms with E-state index in [1.807, 2.05) is 27.4 Å². The van der Waals surface area contributed by atoms with Gasteiger partial charge >= 0.3 is 0 Å². The second kappa shape index (κ2) is 66.1. The normalized spacial score (nSPS) is 8.32. The molecule has 0 bridgehead atoms. The smallest absolute Gasteiger partial charge is 0.298 e. The SMILES string of the molecule is C.CCCC#[N+][O-].CCCC=NO.CCCC=O.CCCCO.[2H]PC. The van der Waals surface area contributed by atoms with Gasteiger partial charge in [0, 0.05) is 24.3 Å². The molecule has 7 heteroatoms. The van der Waals surface area contributed by atoms with Crippen LogP contribution in [0.2, 0.25) is 0 Å². The van der Waals surface area contributed by atoms with Gasteiger partial charge in [-0.1, -0.05) is 54.6 Å². The van der Waals surface area contributed by atoms with Gasteiger partial charge in [0.1, 0.15) is 6.29 Å². The molecule has 0 aromatic carbocycles. The molecule has 6 nitrogen and oxygen atoms in total. The van der Waals surface area contributed by atoms with Crippen molar-refractivity contribution in [3.05, 3.63) is 10.2 Å². The summed E-state index contributed by atoms with van der Waals surface area (Å²) in [5.74, 6) is 0. The molecule has 25 heavy (non-hydrogen) atoms. The molecule has 0 radical (unpaired) electrons. The zero-order valence-electron chi connectivity index (χ0n) is 17.1. The van der Waals surface area contributed by atoms with Crippen molar-refractivity contribution < 1.29 is 15.1 Å². The number of hydrogen-bond donors (Lipinski definition) is 2. The number of rotatable bonds is 7. The van der Waals surface area contributed by atoms with E-state index in [0.29, 0.717) is 28.6 Å². The highest BCUT2D eigenvalue weighted by atomic mass is 31.0. The van der Waals surface area contributed by atoms with Crippen molar-refractivity contribution in [1.82, 2.24) is 0 Å². The van der Waals surface area contributed by atoms with E-state index in [0.717, 1.165) is 44.8 Å². The van der Waals surface area contributed by atoms with Crippen LogP contribution in [-0.2, 0) is 4.79 Å². The van der Waals surface area contributed by atoms with E-state index < -0.39 is 0 Å². The van der Waals surface area contributed by atoms with Crippen molar-refractivity contribution in [1.29, 1.82) is 1.28 Å². The Morgan fingerprint density at radius 3 is 1.80 bits per heavy atom. The number of aldehydes is 1. The molecule has 1 unspecified atom stereocenters. The van der Waals surface area contributed by atoms with Gasteiger partial charge in [-0.2, -0.15) is 0 Å². The Hall–Kier alpha value is -1.18. The van der Waals surface area contributed by atoms with Gasteiger partial charge in [0.15, 0.2) is 0 Å². The third-order valence-corrected chi connectivity index (χ3v) is 1.84. The van der Waals surface area contributed by atoms with E-state index in [-0.39, 0.29) is 7.43 Å². The zero-order chi connectivity index (χ0) is 20.6. The van der Waals surface area contributed by atoms with E-state index in [1.54, 1.807) is 0 Å². The molecule has 0 fully saturated rings. The first-order valence-electron chi connectivity index (χ1n) is 8.91. The van der Waals surface area contributed by atoms with Crippen molar-refractivity contribution in [2.75, 3.05) is 13.3 Å². The fourth-order valence-corrected chi connectivity index (χ4v) is 0.620. The third kappa shape index (κ3) is 127. The second-order valence-corrected chi connectivity index (χ2v) is 4.12. The molecule has 0 amide bonds. The maximum Gasteiger partial charge on any atom is 0.298 e. The van der Waals surface area contributed by atoms with Crippen LogP contribution in [0.4, 0.5) is 0 Å². The van der Waals surface area contributed by atoms with E-state index in [4.69, 9.17) is 11.6 Å². The Labute approximate surface area is 160 Å². The van der Waals surface area contributed by atoms with Crippen molar-refractivity contribution in [2.45, 2.75) is 86.5 Å². The minimum absolute atomic E-state index is 0. The van der Waals surface area contributed by atoms with Gasteiger partial charge in [0.25, 0.3) is 6.07 Å². The standard InChI is InChI=1S/C4H9NO.C4H7NO.C4H10O.C4H8O.CH5P.CH4/c2*1-2-3-4-5-6;2*1-2-3-4-5;1-2;/h4,6H,2-3H2,1H3;2-3H2,1H3;5H,2-4H2,1H3;4H,2-3H2,1H3;2H2,1H3;1H4/i;;;;2D;. The summed E-state index contributed by atoms with van der Waals surface area (Å²) in [4.78, 5) is 9.40. The van der Waals surface area contributed by atoms with Gasteiger partial charge in [-0.05, 0) is 25.7 Å². The maximum absolute atomic E-state index is 9.40. The van der Waals surface area contributed by atoms with E-state index in [2.05, 4.69) is 23.2 Å². The predicted octanol–water partition coefficient (Wildman–Crippen LogP) is 5.76. The molecule has 0 aliphatic rings. The highest BCUT2D eigenvalue weighted by Crippen LogP contribution is 1.80. The summed E-state index contributed by atoms with van der Waals surface area (Å²) in [6, 6.07) is 2.27. The lowest BCUT2D eigenvalue weighted by atomic mass is 10.4. The van der Waals surface area contributed by atoms with Gasteiger partial charge in [0.05, 0.1) is 7.70 Å². The van der Waals surface area contributed by atoms with Crippen LogP contribution < -0.4 is 0 Å². The Kier molecular flexibility index (Phi) is 92.6. The van der Waals surface area contributed by atoms with Crippen LogP contribution in [-0.4, -0.2) is 37.4 Å². The van der Waals surface area contributed by atoms with Crippen LogP contribution in [0.15, 0.2) is 5.16 Å². The number of aliphatic hydroxyl groups is 1. The molecule has 0 saturated carbocycles. The maximum atomic E-state index is 9.40. The molecule has 0 aliphatic heterocycles. The molecule has 0 rings (SSSR count). The average Bonchev–Trinajstić information content (AvgIpc) is 2.62. The topological polar surface area (TPSA) is 97.3 Å². The highest BCUT2D eigenvalue weighted by molar-refractivity contribution is 7.15. The molecule has 0 heterocycles. The number of carbonyl (C=O) groups is 1. The first-order chi connectivity index (χ1) is 12.1. The summed E-state index contributed by atoms with van der Waals surface area (Å²) in [5.41, 5.74) is 0. The van der Waals surface area contributed by atoms with Crippen molar-refractivity contribution in [3.63, 3.8) is 0 Å². The summed E-state index contributed by atoms with van der Waals surface area (Å²) in [5, 5.41) is 30.3. The Morgan fingerprint density at radius 2 is 1.72 bits per heavy atom. The molecule has 2 N–H and O–H groups in total. The van der Waals surface area contributed by atoms with Gasteiger partial charge in [-0.15, -0.1) is 14.3 Å². The van der Waals surface area contributed by atoms with Crippen LogP contribution in [0, 0.1) is 11.3 Å². The molecular formula is C18H43N2O4P. The second-order valence-electron chi connectivity index (χ2n) is 4.12. The lowest BCUT2D eigenvalue weighted by Gasteiger charge is -1.79. The van der Waals surface area contributed by atoms with Crippen LogP contribution >= 0.6 is 9.18 Å². The molecule has 0 spiro atoms. The molecule has 0 aromatic heterocycles. The van der Waals surface area contributed by atoms with Gasteiger partial charge < -0.3 is 20.3 Å². The monoisotopic (exact) mass is 383 g/mol. The number of nitrogens with zero attached hydrogens (tertiary/aromatic N) is 2. The van der Waals surface area contributed by atoms with Gasteiger partial charge in [-0.3, -0.25) is 0 Å². The van der Waals surface area contributed by atoms with Crippen molar-refractivity contribution in [2.24, 2.45) is 5.16 Å². The minimum atomic E-state index is 0. The quantitative estimate of drug-likeness (QED) is 0.192. The Morgan fingerprint density at radius 1 is 1.20 bits per heavy atom. The first kappa shape index (κ1) is 35.0. The summed E-state index contributed by atoms with van der Waals surface area (Å²) in [6.45, 7) is 10.2. The average molecular weight is 384 g/mol. The van der Waals surface area contributed by atoms with Crippen LogP contribution in [0.25, 0.3) is 5.01 Å². The molecule has 154 valence electrons. The van der Waals surface area contributed by atoms with E-state index in [1.165, 1.54) is 6.21 Å². The third-order valence-electron chi connectivity index (χ3n) is 1.84. The first-order valence-corrected chi connectivity index (χ1v) is 9.41. The molecule has 0 aliphatic carbocycles. The summed E-state index contributed by atoms with van der Waals surface area (Å²) >= 11 is 0. The van der Waals surface area contributed by atoms with Crippen LogP contribution in [0.1, 0.15) is 86.5 Å². The lowest BCUT2D eigenvalue weighted by molar-refractivity contribution is -0.107. The number of unbranched alkanes of at least 4 members (excludes halogenated alkanes) is 4. The largest absolute Gasteiger partial charge is 0.498 e. The number of oxime groups is 1. The highest BCUT2D eigenvalue weighted by Gasteiger charge is 1.74. The minimum Gasteiger partial charge on any atom is -0.498 e. The van der Waals surface area contributed by atoms with E-state index in [9.17, 15) is 10.0 Å². The van der Waals surface area contributed by atoms with Crippen molar-refractivity contribution >= 4 is 21.7 Å². The Bertz CT molecular complexity index is 272. The lowest BCUT2D eigenvalue weighted by Crippen LogP contribution is -1.75. The number of carbonyl (C=O) groups excluding carboxylic acids is 1. The molecule has 1 atom stereocenters. The van der Waals surface area contributed by atoms with Crippen molar-refractivity contribution in [3.8, 4) is 6.07 Å². The fourth-order valence-electron chi connectivity index (χ4n) is 0.620.